The van der Waals surface area contributed by atoms with Gasteiger partial charge in [-0.3, -0.25) is 20.4 Å². The fraction of sp³-hybridized carbons (Fsp3) is 0.200. The lowest BCUT2D eigenvalue weighted by Gasteiger charge is -2.06. The van der Waals surface area contributed by atoms with Gasteiger partial charge in [-0.1, -0.05) is 0 Å². The molecule has 3 N–H and O–H groups in total. The van der Waals surface area contributed by atoms with E-state index in [-0.39, 0.29) is 0 Å². The normalized spacial score (nSPS) is 9.38. The van der Waals surface area contributed by atoms with Crippen LogP contribution in [0.3, 0.4) is 0 Å². The molecule has 6 heteroatoms. The maximum absolute atomic E-state index is 11.4. The Labute approximate surface area is 92.2 Å². The molecule has 0 fully saturated rings. The summed E-state index contributed by atoms with van der Waals surface area (Å²) in [4.78, 5) is 22.1. The van der Waals surface area contributed by atoms with E-state index in [0.717, 1.165) is 0 Å². The van der Waals surface area contributed by atoms with Gasteiger partial charge in [0, 0.05) is 5.56 Å². The second kappa shape index (κ2) is 5.72. The van der Waals surface area contributed by atoms with Gasteiger partial charge in [-0.2, -0.15) is 0 Å². The van der Waals surface area contributed by atoms with Crippen molar-refractivity contribution >= 4 is 11.8 Å². The van der Waals surface area contributed by atoms with Crippen LogP contribution in [0.1, 0.15) is 10.4 Å². The lowest BCUT2D eigenvalue weighted by molar-refractivity contribution is -0.124. The van der Waals surface area contributed by atoms with Gasteiger partial charge in [-0.05, 0) is 24.3 Å². The second-order valence-electron chi connectivity index (χ2n) is 2.89. The summed E-state index contributed by atoms with van der Waals surface area (Å²) in [5.74, 6) is -0.512. The second-order valence-corrected chi connectivity index (χ2v) is 2.89. The Bertz CT molecular complexity index is 375. The number of nitrogens with one attached hydrogen (secondary N) is 2. The Kier molecular flexibility index (Phi) is 4.28. The van der Waals surface area contributed by atoms with Crippen LogP contribution in [-0.4, -0.2) is 30.6 Å². The molecule has 0 aliphatic rings. The number of amides is 2. The van der Waals surface area contributed by atoms with Gasteiger partial charge in [0.05, 0.1) is 7.11 Å². The summed E-state index contributed by atoms with van der Waals surface area (Å²) in [5, 5.41) is 8.41. The summed E-state index contributed by atoms with van der Waals surface area (Å²) < 4.78 is 4.93. The molecular formula is C10H12N2O4. The number of aliphatic hydroxyl groups is 1. The lowest BCUT2D eigenvalue weighted by atomic mass is 10.2. The molecule has 1 rings (SSSR count). The molecule has 0 aromatic heterocycles. The summed E-state index contributed by atoms with van der Waals surface area (Å²) in [6.07, 6.45) is 0. The van der Waals surface area contributed by atoms with Crippen molar-refractivity contribution in [3.8, 4) is 5.75 Å². The van der Waals surface area contributed by atoms with E-state index in [1.807, 2.05) is 5.43 Å². The number of hydrogen-bond donors (Lipinski definition) is 3. The number of rotatable bonds is 3. The Morgan fingerprint density at radius 2 is 1.88 bits per heavy atom. The molecule has 0 bridgehead atoms. The Morgan fingerprint density at radius 1 is 1.25 bits per heavy atom. The summed E-state index contributed by atoms with van der Waals surface area (Å²) >= 11 is 0. The molecule has 0 heterocycles. The van der Waals surface area contributed by atoms with Crippen LogP contribution in [0.2, 0.25) is 0 Å². The number of benzene rings is 1. The smallest absolute Gasteiger partial charge is 0.269 e. The summed E-state index contributed by atoms with van der Waals surface area (Å²) in [5.41, 5.74) is 4.56. The van der Waals surface area contributed by atoms with E-state index in [4.69, 9.17) is 9.84 Å². The molecule has 0 saturated carbocycles. The van der Waals surface area contributed by atoms with Crippen molar-refractivity contribution in [2.24, 2.45) is 0 Å². The fourth-order valence-corrected chi connectivity index (χ4v) is 0.981. The summed E-state index contributed by atoms with van der Waals surface area (Å²) in [6.45, 7) is -0.678. The SMILES string of the molecule is COc1ccc(C(=O)NNC(=O)CO)cc1. The molecule has 16 heavy (non-hydrogen) atoms. The molecule has 1 aromatic carbocycles. The lowest BCUT2D eigenvalue weighted by Crippen LogP contribution is -2.42. The first kappa shape index (κ1) is 12.0. The number of carbonyl (C=O) groups excluding carboxylic acids is 2. The Balaban J connectivity index is 2.56. The van der Waals surface area contributed by atoms with Crippen molar-refractivity contribution in [2.75, 3.05) is 13.7 Å². The minimum Gasteiger partial charge on any atom is -0.497 e. The van der Waals surface area contributed by atoms with E-state index in [2.05, 4.69) is 5.43 Å². The van der Waals surface area contributed by atoms with E-state index in [9.17, 15) is 9.59 Å². The van der Waals surface area contributed by atoms with Crippen molar-refractivity contribution in [3.63, 3.8) is 0 Å². The molecule has 0 aliphatic carbocycles. The minimum absolute atomic E-state index is 0.374. The van der Waals surface area contributed by atoms with Gasteiger partial charge in [0.2, 0.25) is 0 Å². The average Bonchev–Trinajstić information content (AvgIpc) is 2.35. The highest BCUT2D eigenvalue weighted by atomic mass is 16.5. The van der Waals surface area contributed by atoms with Gasteiger partial charge in [-0.25, -0.2) is 0 Å². The van der Waals surface area contributed by atoms with Gasteiger partial charge >= 0.3 is 0 Å². The van der Waals surface area contributed by atoms with Crippen LogP contribution in [0.5, 0.6) is 5.75 Å². The minimum atomic E-state index is -0.679. The molecule has 0 spiro atoms. The highest BCUT2D eigenvalue weighted by molar-refractivity contribution is 5.95. The van der Waals surface area contributed by atoms with Gasteiger partial charge in [0.1, 0.15) is 12.4 Å². The van der Waals surface area contributed by atoms with Crippen molar-refractivity contribution < 1.29 is 19.4 Å². The first-order chi connectivity index (χ1) is 7.67. The molecule has 0 aliphatic heterocycles. The van der Waals surface area contributed by atoms with Crippen LogP contribution >= 0.6 is 0 Å². The number of aliphatic hydroxyl groups excluding tert-OH is 1. The van der Waals surface area contributed by atoms with Crippen molar-refractivity contribution in [3.05, 3.63) is 29.8 Å². The first-order valence-corrected chi connectivity index (χ1v) is 4.51. The zero-order valence-electron chi connectivity index (χ0n) is 8.69. The van der Waals surface area contributed by atoms with Crippen LogP contribution < -0.4 is 15.6 Å². The zero-order valence-corrected chi connectivity index (χ0v) is 8.69. The fourth-order valence-electron chi connectivity index (χ4n) is 0.981. The van der Waals surface area contributed by atoms with Crippen molar-refractivity contribution in [1.82, 2.24) is 10.9 Å². The largest absolute Gasteiger partial charge is 0.497 e. The number of carbonyl (C=O) groups is 2. The van der Waals surface area contributed by atoms with Crippen LogP contribution in [0, 0.1) is 0 Å². The number of hydrazine groups is 1. The molecular weight excluding hydrogens is 212 g/mol. The van der Waals surface area contributed by atoms with Crippen molar-refractivity contribution in [2.45, 2.75) is 0 Å². The molecule has 0 saturated heterocycles. The maximum Gasteiger partial charge on any atom is 0.269 e. The number of methoxy groups -OCH3 is 1. The van der Waals surface area contributed by atoms with Gasteiger partial charge in [0.15, 0.2) is 0 Å². The standard InChI is InChI=1S/C10H12N2O4/c1-16-8-4-2-7(3-5-8)10(15)12-11-9(14)6-13/h2-5,13H,6H2,1H3,(H,11,14)(H,12,15). The van der Waals surface area contributed by atoms with Crippen LogP contribution in [-0.2, 0) is 4.79 Å². The van der Waals surface area contributed by atoms with E-state index in [0.29, 0.717) is 11.3 Å². The third kappa shape index (κ3) is 3.25. The van der Waals surface area contributed by atoms with E-state index < -0.39 is 18.4 Å². The van der Waals surface area contributed by atoms with Gasteiger partial charge in [0.25, 0.3) is 11.8 Å². The van der Waals surface area contributed by atoms with Crippen LogP contribution in [0.25, 0.3) is 0 Å². The van der Waals surface area contributed by atoms with E-state index >= 15 is 0 Å². The highest BCUT2D eigenvalue weighted by Crippen LogP contribution is 2.10. The van der Waals surface area contributed by atoms with Crippen molar-refractivity contribution in [1.29, 1.82) is 0 Å². The molecule has 2 amide bonds. The monoisotopic (exact) mass is 224 g/mol. The number of ether oxygens (including phenoxy) is 1. The summed E-state index contributed by atoms with van der Waals surface area (Å²) in [7, 11) is 1.52. The van der Waals surface area contributed by atoms with Gasteiger partial charge in [-0.15, -0.1) is 0 Å². The molecule has 0 atom stereocenters. The zero-order chi connectivity index (χ0) is 12.0. The van der Waals surface area contributed by atoms with Crippen LogP contribution in [0.15, 0.2) is 24.3 Å². The Hall–Kier alpha value is -2.08. The molecule has 6 nitrogen and oxygen atoms in total. The Morgan fingerprint density at radius 3 is 2.38 bits per heavy atom. The van der Waals surface area contributed by atoms with E-state index in [1.54, 1.807) is 24.3 Å². The number of hydrogen-bond acceptors (Lipinski definition) is 4. The van der Waals surface area contributed by atoms with Gasteiger partial charge < -0.3 is 9.84 Å². The molecule has 1 aromatic rings. The topological polar surface area (TPSA) is 87.7 Å². The van der Waals surface area contributed by atoms with Crippen LogP contribution in [0.4, 0.5) is 0 Å². The first-order valence-electron chi connectivity index (χ1n) is 4.51. The quantitative estimate of drug-likeness (QED) is 0.601. The molecule has 0 radical (unpaired) electrons. The highest BCUT2D eigenvalue weighted by Gasteiger charge is 2.06. The predicted molar refractivity (Wildman–Crippen MR) is 55.7 cm³/mol. The summed E-state index contributed by atoms with van der Waals surface area (Å²) in [6, 6.07) is 6.37. The average molecular weight is 224 g/mol. The van der Waals surface area contributed by atoms with E-state index in [1.165, 1.54) is 7.11 Å². The molecule has 0 unspecified atom stereocenters. The molecule has 86 valence electrons. The third-order valence-electron chi connectivity index (χ3n) is 1.81. The maximum atomic E-state index is 11.4. The predicted octanol–water partition coefficient (Wildman–Crippen LogP) is -0.552. The third-order valence-corrected chi connectivity index (χ3v) is 1.81.